The number of nitrogens with one attached hydrogen (secondary N) is 1. The Labute approximate surface area is 75.1 Å². The number of anilines is 1. The zero-order chi connectivity index (χ0) is 9.14. The number of amides is 1. The van der Waals surface area contributed by atoms with Crippen molar-refractivity contribution in [3.05, 3.63) is 17.2 Å². The lowest BCUT2D eigenvalue weighted by molar-refractivity contribution is -0.114. The maximum Gasteiger partial charge on any atom is 0.223 e. The van der Waals surface area contributed by atoms with Gasteiger partial charge in [0.25, 0.3) is 0 Å². The van der Waals surface area contributed by atoms with Crippen LogP contribution < -0.4 is 5.32 Å². The predicted octanol–water partition coefficient (Wildman–Crippen LogP) is 2.05. The Morgan fingerprint density at radius 2 is 2.42 bits per heavy atom. The van der Waals surface area contributed by atoms with E-state index in [1.807, 2.05) is 6.92 Å². The van der Waals surface area contributed by atoms with Crippen molar-refractivity contribution in [2.24, 2.45) is 0 Å². The molecule has 1 amide bonds. The van der Waals surface area contributed by atoms with Crippen LogP contribution in [0.15, 0.2) is 6.58 Å². The van der Waals surface area contributed by atoms with Gasteiger partial charge in [-0.2, -0.15) is 0 Å². The van der Waals surface area contributed by atoms with Crippen LogP contribution in [-0.4, -0.2) is 10.9 Å². The Balaban J connectivity index is 2.89. The zero-order valence-electron chi connectivity index (χ0n) is 7.05. The molecule has 12 heavy (non-hydrogen) atoms. The van der Waals surface area contributed by atoms with Crippen molar-refractivity contribution in [1.82, 2.24) is 4.98 Å². The molecule has 0 aliphatic carbocycles. The van der Waals surface area contributed by atoms with E-state index in [1.54, 1.807) is 6.08 Å². The third-order valence-electron chi connectivity index (χ3n) is 1.31. The van der Waals surface area contributed by atoms with Gasteiger partial charge >= 0.3 is 0 Å². The second kappa shape index (κ2) is 3.49. The predicted molar refractivity (Wildman–Crippen MR) is 51.2 cm³/mol. The van der Waals surface area contributed by atoms with E-state index in [1.165, 1.54) is 18.3 Å². The second-order valence-corrected chi connectivity index (χ2v) is 3.55. The first kappa shape index (κ1) is 8.93. The summed E-state index contributed by atoms with van der Waals surface area (Å²) < 4.78 is 0. The van der Waals surface area contributed by atoms with Gasteiger partial charge in [-0.15, -0.1) is 11.3 Å². The molecule has 0 saturated carbocycles. The maximum absolute atomic E-state index is 10.7. The van der Waals surface area contributed by atoms with Gasteiger partial charge < -0.3 is 5.32 Å². The number of carbonyl (C=O) groups is 1. The second-order valence-electron chi connectivity index (χ2n) is 2.35. The molecule has 1 aromatic rings. The fourth-order valence-corrected chi connectivity index (χ4v) is 1.66. The fourth-order valence-electron chi connectivity index (χ4n) is 0.802. The van der Waals surface area contributed by atoms with E-state index in [2.05, 4.69) is 16.9 Å². The van der Waals surface area contributed by atoms with E-state index in [4.69, 9.17) is 0 Å². The van der Waals surface area contributed by atoms with E-state index in [0.717, 1.165) is 10.6 Å². The molecule has 1 N–H and O–H groups in total. The van der Waals surface area contributed by atoms with Gasteiger partial charge in [0, 0.05) is 11.8 Å². The van der Waals surface area contributed by atoms with E-state index >= 15 is 0 Å². The summed E-state index contributed by atoms with van der Waals surface area (Å²) in [6.07, 6.45) is 1.68. The molecule has 1 rings (SSSR count). The normalized spacial score (nSPS) is 9.50. The largest absolute Gasteiger partial charge is 0.302 e. The average molecular weight is 182 g/mol. The lowest BCUT2D eigenvalue weighted by atomic mass is 10.4. The van der Waals surface area contributed by atoms with Crippen LogP contribution in [0.1, 0.15) is 17.5 Å². The minimum atomic E-state index is -0.0978. The smallest absolute Gasteiger partial charge is 0.223 e. The topological polar surface area (TPSA) is 42.0 Å². The van der Waals surface area contributed by atoms with Gasteiger partial charge in [0.05, 0.1) is 5.69 Å². The average Bonchev–Trinajstić information content (AvgIpc) is 2.29. The summed E-state index contributed by atoms with van der Waals surface area (Å²) in [4.78, 5) is 15.9. The monoisotopic (exact) mass is 182 g/mol. The quantitative estimate of drug-likeness (QED) is 0.760. The summed E-state index contributed by atoms with van der Waals surface area (Å²) in [5, 5.41) is 3.26. The number of thiazole rings is 1. The molecule has 64 valence electrons. The van der Waals surface area contributed by atoms with Crippen LogP contribution >= 0.6 is 11.3 Å². The number of aromatic nitrogens is 1. The first-order valence-corrected chi connectivity index (χ1v) is 4.32. The van der Waals surface area contributed by atoms with E-state index in [-0.39, 0.29) is 5.91 Å². The van der Waals surface area contributed by atoms with Gasteiger partial charge in [-0.1, -0.05) is 6.58 Å². The highest BCUT2D eigenvalue weighted by atomic mass is 32.1. The van der Waals surface area contributed by atoms with Gasteiger partial charge in [0.2, 0.25) is 5.91 Å². The standard InChI is InChI=1S/C8H10N2OS/c1-4-7-5(2)12-8(10-7)9-6(3)11/h4H,1H2,2-3H3,(H,9,10,11). The van der Waals surface area contributed by atoms with Gasteiger partial charge in [-0.3, -0.25) is 4.79 Å². The number of nitrogens with zero attached hydrogens (tertiary/aromatic N) is 1. The SMILES string of the molecule is C=Cc1nc(NC(C)=O)sc1C. The molecule has 0 spiro atoms. The van der Waals surface area contributed by atoms with Crippen molar-refractivity contribution >= 4 is 28.5 Å². The molecule has 3 nitrogen and oxygen atoms in total. The molecule has 0 saturated heterocycles. The highest BCUT2D eigenvalue weighted by Gasteiger charge is 2.04. The summed E-state index contributed by atoms with van der Waals surface area (Å²) in [6.45, 7) is 7.02. The summed E-state index contributed by atoms with van der Waals surface area (Å²) in [5.74, 6) is -0.0978. The molecule has 0 aromatic carbocycles. The number of hydrogen-bond acceptors (Lipinski definition) is 3. The number of rotatable bonds is 2. The van der Waals surface area contributed by atoms with Gasteiger partial charge in [0.1, 0.15) is 0 Å². The highest BCUT2D eigenvalue weighted by Crippen LogP contribution is 2.22. The van der Waals surface area contributed by atoms with E-state index in [0.29, 0.717) is 5.13 Å². The molecular weight excluding hydrogens is 172 g/mol. The molecule has 1 heterocycles. The van der Waals surface area contributed by atoms with Gasteiger partial charge in [-0.25, -0.2) is 4.98 Å². The Hall–Kier alpha value is -1.16. The first-order valence-electron chi connectivity index (χ1n) is 3.51. The number of carbonyl (C=O) groups excluding carboxylic acids is 1. The van der Waals surface area contributed by atoms with Crippen molar-refractivity contribution in [3.63, 3.8) is 0 Å². The van der Waals surface area contributed by atoms with Crippen LogP contribution in [0, 0.1) is 6.92 Å². The van der Waals surface area contributed by atoms with Crippen molar-refractivity contribution in [3.8, 4) is 0 Å². The van der Waals surface area contributed by atoms with Crippen LogP contribution in [0.4, 0.5) is 5.13 Å². The van der Waals surface area contributed by atoms with Crippen molar-refractivity contribution in [2.75, 3.05) is 5.32 Å². The first-order chi connectivity index (χ1) is 5.63. The Morgan fingerprint density at radius 1 is 1.75 bits per heavy atom. The summed E-state index contributed by atoms with van der Waals surface area (Å²) >= 11 is 1.45. The lowest BCUT2D eigenvalue weighted by Gasteiger charge is -1.91. The molecule has 0 aliphatic heterocycles. The number of aryl methyl sites for hydroxylation is 1. The Kier molecular flexibility index (Phi) is 2.60. The molecule has 0 unspecified atom stereocenters. The minimum absolute atomic E-state index is 0.0978. The van der Waals surface area contributed by atoms with Crippen molar-refractivity contribution < 1.29 is 4.79 Å². The third-order valence-corrected chi connectivity index (χ3v) is 2.21. The Bertz CT molecular complexity index is 317. The molecule has 0 fully saturated rings. The van der Waals surface area contributed by atoms with Gasteiger partial charge in [0.15, 0.2) is 5.13 Å². The molecule has 0 bridgehead atoms. The van der Waals surface area contributed by atoms with E-state index in [9.17, 15) is 4.79 Å². The summed E-state index contributed by atoms with van der Waals surface area (Å²) in [6, 6.07) is 0. The van der Waals surface area contributed by atoms with Crippen molar-refractivity contribution in [2.45, 2.75) is 13.8 Å². The maximum atomic E-state index is 10.7. The fraction of sp³-hybridized carbons (Fsp3) is 0.250. The lowest BCUT2D eigenvalue weighted by Crippen LogP contribution is -2.04. The zero-order valence-corrected chi connectivity index (χ0v) is 7.86. The van der Waals surface area contributed by atoms with Crippen LogP contribution in [0.5, 0.6) is 0 Å². The highest BCUT2D eigenvalue weighted by molar-refractivity contribution is 7.15. The molecule has 4 heteroatoms. The third kappa shape index (κ3) is 1.92. The Morgan fingerprint density at radius 3 is 2.83 bits per heavy atom. The molecule has 1 aromatic heterocycles. The van der Waals surface area contributed by atoms with Crippen LogP contribution in [-0.2, 0) is 4.79 Å². The molecular formula is C8H10N2OS. The minimum Gasteiger partial charge on any atom is -0.302 e. The molecule has 0 atom stereocenters. The van der Waals surface area contributed by atoms with Crippen LogP contribution in [0.25, 0.3) is 6.08 Å². The van der Waals surface area contributed by atoms with Crippen LogP contribution in [0.2, 0.25) is 0 Å². The van der Waals surface area contributed by atoms with Crippen molar-refractivity contribution in [1.29, 1.82) is 0 Å². The summed E-state index contributed by atoms with van der Waals surface area (Å²) in [7, 11) is 0. The number of hydrogen-bond donors (Lipinski definition) is 1. The van der Waals surface area contributed by atoms with Crippen LogP contribution in [0.3, 0.4) is 0 Å². The van der Waals surface area contributed by atoms with Gasteiger partial charge in [-0.05, 0) is 13.0 Å². The summed E-state index contributed by atoms with van der Waals surface area (Å²) in [5.41, 5.74) is 0.837. The molecule has 0 radical (unpaired) electrons. The molecule has 0 aliphatic rings. The van der Waals surface area contributed by atoms with E-state index < -0.39 is 0 Å².